The van der Waals surface area contributed by atoms with Crippen LogP contribution in [0.2, 0.25) is 5.02 Å². The number of rotatable bonds is 5. The molecule has 1 heterocycles. The number of hydrogen-bond donors (Lipinski definition) is 2. The van der Waals surface area contributed by atoms with Crippen LogP contribution in [0.5, 0.6) is 0 Å². The van der Waals surface area contributed by atoms with Crippen LogP contribution in [-0.4, -0.2) is 20.7 Å². The standard InChI is InChI=1S/C19H18ClFN4OS/c1-11-4-3-5-14(8-11)18-23-24-19(27)25(18)10-17(26)22-12(2)13-6-7-16(21)15(20)9-13/h3-9,12H,10H2,1-2H3,(H,22,26)(H,24,27). The second-order valence-electron chi connectivity index (χ2n) is 6.27. The Kier molecular flexibility index (Phi) is 5.72. The van der Waals surface area contributed by atoms with Crippen molar-refractivity contribution in [2.75, 3.05) is 0 Å². The highest BCUT2D eigenvalue weighted by molar-refractivity contribution is 7.71. The van der Waals surface area contributed by atoms with Crippen LogP contribution in [0.15, 0.2) is 42.5 Å². The lowest BCUT2D eigenvalue weighted by atomic mass is 10.1. The minimum absolute atomic E-state index is 0.0118. The second-order valence-corrected chi connectivity index (χ2v) is 7.06. The fourth-order valence-electron chi connectivity index (χ4n) is 2.76. The summed E-state index contributed by atoms with van der Waals surface area (Å²) in [7, 11) is 0. The van der Waals surface area contributed by atoms with E-state index in [0.717, 1.165) is 11.1 Å². The predicted octanol–water partition coefficient (Wildman–Crippen LogP) is 4.59. The average Bonchev–Trinajstić information content (AvgIpc) is 2.98. The quantitative estimate of drug-likeness (QED) is 0.611. The molecule has 0 bridgehead atoms. The van der Waals surface area contributed by atoms with Gasteiger partial charge in [-0.2, -0.15) is 5.10 Å². The van der Waals surface area contributed by atoms with Crippen molar-refractivity contribution in [3.05, 3.63) is 69.2 Å². The van der Waals surface area contributed by atoms with E-state index in [1.165, 1.54) is 12.1 Å². The van der Waals surface area contributed by atoms with E-state index in [2.05, 4.69) is 15.5 Å². The summed E-state index contributed by atoms with van der Waals surface area (Å²) in [6, 6.07) is 11.8. The van der Waals surface area contributed by atoms with E-state index in [1.54, 1.807) is 17.6 Å². The van der Waals surface area contributed by atoms with Crippen molar-refractivity contribution in [2.24, 2.45) is 0 Å². The third-order valence-electron chi connectivity index (χ3n) is 4.16. The number of carbonyl (C=O) groups excluding carboxylic acids is 1. The number of aromatic amines is 1. The number of amides is 1. The van der Waals surface area contributed by atoms with E-state index >= 15 is 0 Å². The van der Waals surface area contributed by atoms with Crippen molar-refractivity contribution in [3.63, 3.8) is 0 Å². The Balaban J connectivity index is 1.77. The number of halogens is 2. The Morgan fingerprint density at radius 2 is 2.15 bits per heavy atom. The normalized spacial score (nSPS) is 12.0. The fraction of sp³-hybridized carbons (Fsp3) is 0.211. The number of benzene rings is 2. The maximum atomic E-state index is 13.3. The van der Waals surface area contributed by atoms with Crippen molar-refractivity contribution in [3.8, 4) is 11.4 Å². The fourth-order valence-corrected chi connectivity index (χ4v) is 3.15. The van der Waals surface area contributed by atoms with Crippen molar-refractivity contribution in [1.82, 2.24) is 20.1 Å². The van der Waals surface area contributed by atoms with E-state index < -0.39 is 5.82 Å². The maximum absolute atomic E-state index is 13.3. The molecule has 0 spiro atoms. The van der Waals surface area contributed by atoms with Crippen molar-refractivity contribution < 1.29 is 9.18 Å². The van der Waals surface area contributed by atoms with Crippen molar-refractivity contribution >= 4 is 29.7 Å². The molecule has 5 nitrogen and oxygen atoms in total. The molecule has 1 amide bonds. The summed E-state index contributed by atoms with van der Waals surface area (Å²) in [5.74, 6) is -0.142. The molecule has 3 aromatic rings. The average molecular weight is 405 g/mol. The molecule has 0 saturated carbocycles. The minimum Gasteiger partial charge on any atom is -0.348 e. The Labute approximate surface area is 166 Å². The van der Waals surface area contributed by atoms with Gasteiger partial charge < -0.3 is 5.32 Å². The number of aryl methyl sites for hydroxylation is 1. The lowest BCUT2D eigenvalue weighted by Crippen LogP contribution is -2.30. The number of nitrogens with zero attached hydrogens (tertiary/aromatic N) is 2. The molecule has 0 radical (unpaired) electrons. The predicted molar refractivity (Wildman–Crippen MR) is 106 cm³/mol. The highest BCUT2D eigenvalue weighted by Crippen LogP contribution is 2.21. The van der Waals surface area contributed by atoms with Gasteiger partial charge in [-0.25, -0.2) is 4.39 Å². The SMILES string of the molecule is Cc1cccc(-c2n[nH]c(=S)n2CC(=O)NC(C)c2ccc(F)c(Cl)c2)c1. The zero-order valence-electron chi connectivity index (χ0n) is 14.8. The van der Waals surface area contributed by atoms with E-state index in [9.17, 15) is 9.18 Å². The first-order valence-electron chi connectivity index (χ1n) is 8.31. The first-order chi connectivity index (χ1) is 12.8. The zero-order valence-corrected chi connectivity index (χ0v) is 16.4. The lowest BCUT2D eigenvalue weighted by Gasteiger charge is -2.15. The van der Waals surface area contributed by atoms with E-state index in [4.69, 9.17) is 23.8 Å². The summed E-state index contributed by atoms with van der Waals surface area (Å²) in [5, 5.41) is 9.87. The van der Waals surface area contributed by atoms with Gasteiger partial charge in [-0.15, -0.1) is 0 Å². The summed E-state index contributed by atoms with van der Waals surface area (Å²) in [4.78, 5) is 12.5. The van der Waals surface area contributed by atoms with Crippen LogP contribution in [0.4, 0.5) is 4.39 Å². The Bertz CT molecular complexity index is 1050. The molecule has 2 aromatic carbocycles. The molecule has 0 aliphatic heterocycles. The highest BCUT2D eigenvalue weighted by atomic mass is 35.5. The molecule has 140 valence electrons. The van der Waals surface area contributed by atoms with Crippen LogP contribution in [0.1, 0.15) is 24.1 Å². The Hall–Kier alpha value is -2.51. The van der Waals surface area contributed by atoms with Gasteiger partial charge in [-0.05, 0) is 49.8 Å². The molecule has 1 aromatic heterocycles. The molecule has 0 aliphatic rings. The first-order valence-corrected chi connectivity index (χ1v) is 9.10. The number of nitrogens with one attached hydrogen (secondary N) is 2. The number of H-pyrrole nitrogens is 1. The topological polar surface area (TPSA) is 62.7 Å². The summed E-state index contributed by atoms with van der Waals surface area (Å²) in [5.41, 5.74) is 2.66. The van der Waals surface area contributed by atoms with Gasteiger partial charge in [-0.1, -0.05) is 41.4 Å². The molecular formula is C19H18ClFN4OS. The van der Waals surface area contributed by atoms with E-state index in [-0.39, 0.29) is 23.5 Å². The number of aromatic nitrogens is 3. The largest absolute Gasteiger partial charge is 0.348 e. The summed E-state index contributed by atoms with van der Waals surface area (Å²) in [6.45, 7) is 3.80. The zero-order chi connectivity index (χ0) is 19.6. The minimum atomic E-state index is -0.494. The van der Waals surface area contributed by atoms with Crippen LogP contribution in [0.3, 0.4) is 0 Å². The molecule has 1 unspecified atom stereocenters. The molecule has 2 N–H and O–H groups in total. The van der Waals surface area contributed by atoms with Gasteiger partial charge in [0, 0.05) is 5.56 Å². The second kappa shape index (κ2) is 8.02. The third kappa shape index (κ3) is 4.43. The molecule has 3 rings (SSSR count). The van der Waals surface area contributed by atoms with Crippen LogP contribution in [0.25, 0.3) is 11.4 Å². The lowest BCUT2D eigenvalue weighted by molar-refractivity contribution is -0.122. The maximum Gasteiger partial charge on any atom is 0.240 e. The van der Waals surface area contributed by atoms with Crippen LogP contribution in [0, 0.1) is 17.5 Å². The molecule has 27 heavy (non-hydrogen) atoms. The number of hydrogen-bond acceptors (Lipinski definition) is 3. The molecule has 0 fully saturated rings. The molecule has 0 saturated heterocycles. The van der Waals surface area contributed by atoms with Gasteiger partial charge in [-0.3, -0.25) is 14.5 Å². The van der Waals surface area contributed by atoms with Crippen molar-refractivity contribution in [1.29, 1.82) is 0 Å². The van der Waals surface area contributed by atoms with Crippen molar-refractivity contribution in [2.45, 2.75) is 26.4 Å². The van der Waals surface area contributed by atoms with Crippen LogP contribution < -0.4 is 5.32 Å². The monoisotopic (exact) mass is 404 g/mol. The van der Waals surface area contributed by atoms with Gasteiger partial charge in [0.05, 0.1) is 11.1 Å². The summed E-state index contributed by atoms with van der Waals surface area (Å²) in [6.07, 6.45) is 0. The van der Waals surface area contributed by atoms with Gasteiger partial charge >= 0.3 is 0 Å². The first kappa shape index (κ1) is 19.3. The third-order valence-corrected chi connectivity index (χ3v) is 4.76. The van der Waals surface area contributed by atoms with E-state index in [0.29, 0.717) is 16.2 Å². The van der Waals surface area contributed by atoms with Gasteiger partial charge in [0.15, 0.2) is 10.6 Å². The van der Waals surface area contributed by atoms with Gasteiger partial charge in [0.1, 0.15) is 12.4 Å². The van der Waals surface area contributed by atoms with Gasteiger partial charge in [0.2, 0.25) is 5.91 Å². The summed E-state index contributed by atoms with van der Waals surface area (Å²) >= 11 is 11.1. The van der Waals surface area contributed by atoms with Crippen LogP contribution >= 0.6 is 23.8 Å². The highest BCUT2D eigenvalue weighted by Gasteiger charge is 2.15. The summed E-state index contributed by atoms with van der Waals surface area (Å²) < 4.78 is 15.3. The Morgan fingerprint density at radius 1 is 1.37 bits per heavy atom. The van der Waals surface area contributed by atoms with Gasteiger partial charge in [0.25, 0.3) is 0 Å². The van der Waals surface area contributed by atoms with E-state index in [1.807, 2.05) is 31.2 Å². The molecule has 1 atom stereocenters. The molecule has 8 heteroatoms. The van der Waals surface area contributed by atoms with Crippen LogP contribution in [-0.2, 0) is 11.3 Å². The smallest absolute Gasteiger partial charge is 0.240 e. The molecular weight excluding hydrogens is 387 g/mol. The number of carbonyl (C=O) groups is 1. The molecule has 0 aliphatic carbocycles. The Morgan fingerprint density at radius 3 is 2.85 bits per heavy atom.